The third-order valence-corrected chi connectivity index (χ3v) is 6.73. The van der Waals surface area contributed by atoms with E-state index >= 15 is 0 Å². The number of amides is 1. The molecule has 7 nitrogen and oxygen atoms in total. The molecule has 0 unspecified atom stereocenters. The number of nitrogens with one attached hydrogen (secondary N) is 1. The van der Waals surface area contributed by atoms with Crippen molar-refractivity contribution < 1.29 is 14.3 Å². The fraction of sp³-hybridized carbons (Fsp3) is 0.208. The summed E-state index contributed by atoms with van der Waals surface area (Å²) < 4.78 is 12.6. The molecule has 1 N–H and O–H groups in total. The van der Waals surface area contributed by atoms with Crippen molar-refractivity contribution >= 4 is 34.7 Å². The Hall–Kier alpha value is -3.30. The van der Waals surface area contributed by atoms with Crippen LogP contribution in [0.2, 0.25) is 0 Å². The lowest BCUT2D eigenvalue weighted by Gasteiger charge is -2.12. The van der Waals surface area contributed by atoms with E-state index in [2.05, 4.69) is 46.0 Å². The Morgan fingerprint density at radius 2 is 1.91 bits per heavy atom. The summed E-state index contributed by atoms with van der Waals surface area (Å²) in [6, 6.07) is 17.6. The van der Waals surface area contributed by atoms with E-state index in [4.69, 9.17) is 9.47 Å². The minimum absolute atomic E-state index is 0.165. The molecule has 0 fully saturated rings. The molecule has 0 atom stereocenters. The molecule has 1 amide bonds. The highest BCUT2D eigenvalue weighted by Gasteiger charge is 2.17. The minimum Gasteiger partial charge on any atom is -0.497 e. The largest absolute Gasteiger partial charge is 0.497 e. The summed E-state index contributed by atoms with van der Waals surface area (Å²) >= 11 is 3.03. The summed E-state index contributed by atoms with van der Waals surface area (Å²) in [4.78, 5) is 13.9. The van der Waals surface area contributed by atoms with Gasteiger partial charge in [-0.3, -0.25) is 9.36 Å². The molecule has 4 rings (SSSR count). The molecule has 0 aliphatic heterocycles. The first kappa shape index (κ1) is 22.9. The number of benzene rings is 2. The van der Waals surface area contributed by atoms with Crippen LogP contribution in [0, 0.1) is 6.92 Å². The van der Waals surface area contributed by atoms with Gasteiger partial charge in [0, 0.05) is 23.1 Å². The Bertz CT molecular complexity index is 1220. The smallest absolute Gasteiger partial charge is 0.234 e. The fourth-order valence-corrected chi connectivity index (χ4v) is 4.72. The predicted octanol–water partition coefficient (Wildman–Crippen LogP) is 4.98. The molecular formula is C24H24N4O3S2. The second kappa shape index (κ2) is 10.5. The standard InChI is InChI=1S/C24H24N4O3S2/c1-16-6-8-17(9-7-16)28-22(14-19-5-4-12-32-19)26-27-24(28)33-15-23(29)25-20-11-10-18(30-2)13-21(20)31-3/h4-13H,14-15H2,1-3H3,(H,25,29). The maximum absolute atomic E-state index is 12.7. The normalized spacial score (nSPS) is 10.8. The third kappa shape index (κ3) is 5.55. The van der Waals surface area contributed by atoms with Crippen LogP contribution in [0.25, 0.3) is 5.69 Å². The van der Waals surface area contributed by atoms with E-state index in [1.54, 1.807) is 43.8 Å². The van der Waals surface area contributed by atoms with Crippen LogP contribution >= 0.6 is 23.1 Å². The number of aryl methyl sites for hydroxylation is 1. The van der Waals surface area contributed by atoms with Crippen LogP contribution in [0.3, 0.4) is 0 Å². The zero-order chi connectivity index (χ0) is 23.2. The molecule has 0 aliphatic rings. The highest BCUT2D eigenvalue weighted by Crippen LogP contribution is 2.30. The first-order valence-electron chi connectivity index (χ1n) is 10.3. The van der Waals surface area contributed by atoms with Crippen LogP contribution in [-0.2, 0) is 11.2 Å². The topological polar surface area (TPSA) is 78.3 Å². The first-order chi connectivity index (χ1) is 16.1. The number of rotatable bonds is 9. The van der Waals surface area contributed by atoms with Crippen molar-refractivity contribution in [2.75, 3.05) is 25.3 Å². The number of carbonyl (C=O) groups is 1. The van der Waals surface area contributed by atoms with E-state index in [0.29, 0.717) is 28.8 Å². The van der Waals surface area contributed by atoms with Crippen LogP contribution in [0.15, 0.2) is 65.1 Å². The molecule has 2 aromatic heterocycles. The molecule has 0 aliphatic carbocycles. The van der Waals surface area contributed by atoms with Crippen molar-refractivity contribution in [3.05, 3.63) is 76.2 Å². The summed E-state index contributed by atoms with van der Waals surface area (Å²) in [6.07, 6.45) is 0.675. The Morgan fingerprint density at radius 1 is 1.09 bits per heavy atom. The molecule has 0 saturated carbocycles. The number of thiophene rings is 1. The summed E-state index contributed by atoms with van der Waals surface area (Å²) in [7, 11) is 3.14. The molecule has 33 heavy (non-hydrogen) atoms. The average molecular weight is 481 g/mol. The van der Waals surface area contributed by atoms with E-state index in [1.165, 1.54) is 22.2 Å². The lowest BCUT2D eigenvalue weighted by atomic mass is 10.2. The van der Waals surface area contributed by atoms with Gasteiger partial charge >= 0.3 is 0 Å². The number of hydrogen-bond donors (Lipinski definition) is 1. The number of hydrogen-bond acceptors (Lipinski definition) is 7. The van der Waals surface area contributed by atoms with Crippen molar-refractivity contribution in [2.45, 2.75) is 18.5 Å². The van der Waals surface area contributed by atoms with Gasteiger partial charge in [0.15, 0.2) is 5.16 Å². The van der Waals surface area contributed by atoms with Gasteiger partial charge in [-0.15, -0.1) is 21.5 Å². The number of nitrogens with zero attached hydrogens (tertiary/aromatic N) is 3. The van der Waals surface area contributed by atoms with Gasteiger partial charge in [-0.2, -0.15) is 0 Å². The Labute approximate surface area is 200 Å². The van der Waals surface area contributed by atoms with Crippen LogP contribution in [0.1, 0.15) is 16.3 Å². The van der Waals surface area contributed by atoms with E-state index in [0.717, 1.165) is 11.5 Å². The average Bonchev–Trinajstić information content (AvgIpc) is 3.49. The molecule has 0 radical (unpaired) electrons. The lowest BCUT2D eigenvalue weighted by Crippen LogP contribution is -2.15. The number of anilines is 1. The van der Waals surface area contributed by atoms with Crippen molar-refractivity contribution in [1.82, 2.24) is 14.8 Å². The van der Waals surface area contributed by atoms with Crippen LogP contribution < -0.4 is 14.8 Å². The molecule has 2 heterocycles. The lowest BCUT2D eigenvalue weighted by molar-refractivity contribution is -0.113. The summed E-state index contributed by atoms with van der Waals surface area (Å²) in [5.74, 6) is 2.04. The van der Waals surface area contributed by atoms with Gasteiger partial charge < -0.3 is 14.8 Å². The van der Waals surface area contributed by atoms with Crippen molar-refractivity contribution in [1.29, 1.82) is 0 Å². The molecule has 0 spiro atoms. The van der Waals surface area contributed by atoms with Gasteiger partial charge in [0.25, 0.3) is 0 Å². The van der Waals surface area contributed by atoms with Gasteiger partial charge in [0.05, 0.1) is 25.7 Å². The molecule has 0 bridgehead atoms. The van der Waals surface area contributed by atoms with E-state index < -0.39 is 0 Å². The number of carbonyl (C=O) groups excluding carboxylic acids is 1. The number of methoxy groups -OCH3 is 2. The Kier molecular flexibility index (Phi) is 7.31. The Morgan fingerprint density at radius 3 is 2.61 bits per heavy atom. The van der Waals surface area contributed by atoms with Gasteiger partial charge in [0.2, 0.25) is 5.91 Å². The summed E-state index contributed by atoms with van der Waals surface area (Å²) in [5, 5.41) is 14.4. The third-order valence-electron chi connectivity index (χ3n) is 4.92. The fourth-order valence-electron chi connectivity index (χ4n) is 3.25. The molecule has 170 valence electrons. The minimum atomic E-state index is -0.165. The second-order valence-electron chi connectivity index (χ2n) is 7.23. The van der Waals surface area contributed by atoms with Gasteiger partial charge in [-0.05, 0) is 42.6 Å². The van der Waals surface area contributed by atoms with Crippen LogP contribution in [0.4, 0.5) is 5.69 Å². The highest BCUT2D eigenvalue weighted by molar-refractivity contribution is 7.99. The molecule has 0 saturated heterocycles. The maximum atomic E-state index is 12.7. The monoisotopic (exact) mass is 480 g/mol. The summed E-state index contributed by atoms with van der Waals surface area (Å²) in [5.41, 5.74) is 2.73. The van der Waals surface area contributed by atoms with E-state index in [9.17, 15) is 4.79 Å². The summed E-state index contributed by atoms with van der Waals surface area (Å²) in [6.45, 7) is 2.05. The van der Waals surface area contributed by atoms with Gasteiger partial charge in [-0.1, -0.05) is 35.5 Å². The molecule has 2 aromatic carbocycles. The SMILES string of the molecule is COc1ccc(NC(=O)CSc2nnc(Cc3cccs3)n2-c2ccc(C)cc2)c(OC)c1. The zero-order valence-corrected chi connectivity index (χ0v) is 20.2. The number of aromatic nitrogens is 3. The second-order valence-corrected chi connectivity index (χ2v) is 9.20. The number of ether oxygens (including phenoxy) is 2. The van der Waals surface area contributed by atoms with Crippen LogP contribution in [-0.4, -0.2) is 40.6 Å². The van der Waals surface area contributed by atoms with Crippen molar-refractivity contribution in [2.24, 2.45) is 0 Å². The highest BCUT2D eigenvalue weighted by atomic mass is 32.2. The quantitative estimate of drug-likeness (QED) is 0.341. The van der Waals surface area contributed by atoms with Crippen LogP contribution in [0.5, 0.6) is 11.5 Å². The van der Waals surface area contributed by atoms with Gasteiger partial charge in [-0.25, -0.2) is 0 Å². The maximum Gasteiger partial charge on any atom is 0.234 e. The van der Waals surface area contributed by atoms with Crippen molar-refractivity contribution in [3.63, 3.8) is 0 Å². The molecule has 4 aromatic rings. The Balaban J connectivity index is 1.52. The predicted molar refractivity (Wildman–Crippen MR) is 132 cm³/mol. The van der Waals surface area contributed by atoms with E-state index in [1.807, 2.05) is 22.8 Å². The van der Waals surface area contributed by atoms with Gasteiger partial charge in [0.1, 0.15) is 17.3 Å². The zero-order valence-electron chi connectivity index (χ0n) is 18.6. The molecule has 9 heteroatoms. The van der Waals surface area contributed by atoms with Crippen molar-refractivity contribution in [3.8, 4) is 17.2 Å². The molecular weight excluding hydrogens is 456 g/mol. The van der Waals surface area contributed by atoms with E-state index in [-0.39, 0.29) is 11.7 Å². The first-order valence-corrected chi connectivity index (χ1v) is 12.1. The number of thioether (sulfide) groups is 1.